The van der Waals surface area contributed by atoms with Crippen molar-refractivity contribution in [1.82, 2.24) is 0 Å². The van der Waals surface area contributed by atoms with Gasteiger partial charge in [-0.25, -0.2) is 9.18 Å². The molecule has 0 aliphatic heterocycles. The van der Waals surface area contributed by atoms with Crippen molar-refractivity contribution in [2.24, 2.45) is 5.10 Å². The molecule has 0 unspecified atom stereocenters. The zero-order valence-electron chi connectivity index (χ0n) is 9.11. The van der Waals surface area contributed by atoms with Gasteiger partial charge in [0.1, 0.15) is 11.9 Å². The minimum atomic E-state index is -0.820. The molecule has 1 aromatic rings. The van der Waals surface area contributed by atoms with Gasteiger partial charge in [-0.15, -0.1) is 0 Å². The van der Waals surface area contributed by atoms with E-state index in [0.717, 1.165) is 0 Å². The van der Waals surface area contributed by atoms with Crippen molar-refractivity contribution in [3.8, 4) is 6.07 Å². The van der Waals surface area contributed by atoms with Crippen molar-refractivity contribution in [2.45, 2.75) is 6.92 Å². The molecule has 0 aromatic heterocycles. The summed E-state index contributed by atoms with van der Waals surface area (Å²) in [6, 6.07) is 7.07. The van der Waals surface area contributed by atoms with Gasteiger partial charge in [-0.3, -0.25) is 5.43 Å². The highest BCUT2D eigenvalue weighted by atomic mass is 19.1. The molecule has 0 radical (unpaired) electrons. The Morgan fingerprint density at radius 1 is 1.65 bits per heavy atom. The van der Waals surface area contributed by atoms with Gasteiger partial charge in [0.25, 0.3) is 0 Å². The number of ether oxygens (including phenoxy) is 1. The minimum absolute atomic E-state index is 0.152. The summed E-state index contributed by atoms with van der Waals surface area (Å²) in [5.41, 5.74) is 2.32. The van der Waals surface area contributed by atoms with Gasteiger partial charge < -0.3 is 4.74 Å². The fourth-order valence-electron chi connectivity index (χ4n) is 0.994. The minimum Gasteiger partial charge on any atom is -0.461 e. The number of nitrogens with one attached hydrogen (secondary N) is 1. The third kappa shape index (κ3) is 3.91. The number of carbonyl (C=O) groups excluding carboxylic acids is 1. The van der Waals surface area contributed by atoms with Crippen LogP contribution in [0.1, 0.15) is 6.92 Å². The second kappa shape index (κ2) is 6.23. The van der Waals surface area contributed by atoms with Crippen molar-refractivity contribution in [2.75, 3.05) is 12.0 Å². The molecule has 17 heavy (non-hydrogen) atoms. The summed E-state index contributed by atoms with van der Waals surface area (Å²) in [5, 5.41) is 12.2. The Labute approximate surface area is 97.5 Å². The van der Waals surface area contributed by atoms with Crippen LogP contribution in [0, 0.1) is 17.1 Å². The number of hydrogen-bond acceptors (Lipinski definition) is 5. The van der Waals surface area contributed by atoms with Gasteiger partial charge in [0.15, 0.2) is 0 Å². The van der Waals surface area contributed by atoms with Crippen molar-refractivity contribution in [1.29, 1.82) is 5.26 Å². The first-order chi connectivity index (χ1) is 8.17. The Morgan fingerprint density at radius 2 is 2.41 bits per heavy atom. The molecule has 0 aliphatic rings. The van der Waals surface area contributed by atoms with E-state index >= 15 is 0 Å². The molecular weight excluding hydrogens is 225 g/mol. The van der Waals surface area contributed by atoms with Gasteiger partial charge in [0.05, 0.1) is 12.3 Å². The van der Waals surface area contributed by atoms with E-state index in [2.05, 4.69) is 15.3 Å². The maximum Gasteiger partial charge on any atom is 0.369 e. The van der Waals surface area contributed by atoms with Crippen LogP contribution in [-0.4, -0.2) is 18.3 Å². The molecule has 0 heterocycles. The molecule has 0 atom stereocenters. The first-order valence-electron chi connectivity index (χ1n) is 4.84. The molecule has 1 aromatic carbocycles. The number of hydrazone groups is 1. The largest absolute Gasteiger partial charge is 0.461 e. The van der Waals surface area contributed by atoms with Crippen LogP contribution in [0.4, 0.5) is 10.1 Å². The lowest BCUT2D eigenvalue weighted by molar-refractivity contribution is -0.134. The third-order valence-electron chi connectivity index (χ3n) is 1.70. The van der Waals surface area contributed by atoms with E-state index in [4.69, 9.17) is 5.26 Å². The summed E-state index contributed by atoms with van der Waals surface area (Å²) < 4.78 is 17.4. The fraction of sp³-hybridized carbons (Fsp3) is 0.182. The highest BCUT2D eigenvalue weighted by Gasteiger charge is 2.11. The van der Waals surface area contributed by atoms with Crippen molar-refractivity contribution in [3.05, 3.63) is 30.1 Å². The predicted octanol–water partition coefficient (Wildman–Crippen LogP) is 1.68. The fourth-order valence-corrected chi connectivity index (χ4v) is 0.994. The molecule has 0 saturated heterocycles. The smallest absolute Gasteiger partial charge is 0.369 e. The van der Waals surface area contributed by atoms with Crippen LogP contribution in [0.25, 0.3) is 0 Å². The quantitative estimate of drug-likeness (QED) is 0.489. The summed E-state index contributed by atoms with van der Waals surface area (Å²) in [6.45, 7) is 1.77. The van der Waals surface area contributed by atoms with Gasteiger partial charge in [-0.05, 0) is 25.1 Å². The van der Waals surface area contributed by atoms with E-state index in [0.29, 0.717) is 5.69 Å². The maximum absolute atomic E-state index is 12.8. The number of nitriles is 1. The number of benzene rings is 1. The zero-order valence-corrected chi connectivity index (χ0v) is 9.11. The SMILES string of the molecule is CCOC(=O)/C(C#N)=N/Nc1cccc(F)c1. The van der Waals surface area contributed by atoms with Gasteiger partial charge in [-0.2, -0.15) is 10.4 Å². The van der Waals surface area contributed by atoms with E-state index in [-0.39, 0.29) is 6.61 Å². The molecule has 0 spiro atoms. The normalized spacial score (nSPS) is 10.5. The summed E-state index contributed by atoms with van der Waals surface area (Å²) in [7, 11) is 0. The van der Waals surface area contributed by atoms with Gasteiger partial charge in [0, 0.05) is 0 Å². The molecule has 5 nitrogen and oxygen atoms in total. The number of nitrogens with zero attached hydrogens (tertiary/aromatic N) is 2. The van der Waals surface area contributed by atoms with E-state index in [1.807, 2.05) is 0 Å². The highest BCUT2D eigenvalue weighted by Crippen LogP contribution is 2.08. The predicted molar refractivity (Wildman–Crippen MR) is 59.7 cm³/mol. The Balaban J connectivity index is 2.75. The van der Waals surface area contributed by atoms with Gasteiger partial charge >= 0.3 is 5.97 Å². The van der Waals surface area contributed by atoms with Crippen LogP contribution in [0.3, 0.4) is 0 Å². The first kappa shape index (κ1) is 12.6. The van der Waals surface area contributed by atoms with Crippen molar-refractivity contribution >= 4 is 17.4 Å². The maximum atomic E-state index is 12.8. The Hall–Kier alpha value is -2.42. The molecule has 0 amide bonds. The van der Waals surface area contributed by atoms with Gasteiger partial charge in [-0.1, -0.05) is 6.07 Å². The Kier molecular flexibility index (Phi) is 4.63. The Bertz CT molecular complexity index is 480. The third-order valence-corrected chi connectivity index (χ3v) is 1.70. The molecule has 0 bridgehead atoms. The zero-order chi connectivity index (χ0) is 12.7. The molecule has 6 heteroatoms. The Morgan fingerprint density at radius 3 is 3.00 bits per heavy atom. The van der Waals surface area contributed by atoms with E-state index < -0.39 is 17.5 Å². The van der Waals surface area contributed by atoms with Gasteiger partial charge in [0.2, 0.25) is 5.71 Å². The van der Waals surface area contributed by atoms with E-state index in [1.165, 1.54) is 18.2 Å². The second-order valence-electron chi connectivity index (χ2n) is 2.91. The summed E-state index contributed by atoms with van der Waals surface area (Å²) >= 11 is 0. The molecular formula is C11H10FN3O2. The molecule has 88 valence electrons. The number of rotatable bonds is 4. The number of anilines is 1. The van der Waals surface area contributed by atoms with E-state index in [1.54, 1.807) is 19.1 Å². The number of halogens is 1. The highest BCUT2D eigenvalue weighted by molar-refractivity contribution is 6.43. The second-order valence-corrected chi connectivity index (χ2v) is 2.91. The van der Waals surface area contributed by atoms with Crippen LogP contribution in [-0.2, 0) is 9.53 Å². The topological polar surface area (TPSA) is 74.5 Å². The molecule has 0 aliphatic carbocycles. The lowest BCUT2D eigenvalue weighted by Crippen LogP contribution is -2.17. The lowest BCUT2D eigenvalue weighted by Gasteiger charge is -2.01. The van der Waals surface area contributed by atoms with E-state index in [9.17, 15) is 9.18 Å². The summed E-state index contributed by atoms with van der Waals surface area (Å²) in [6.07, 6.45) is 0. The number of hydrogen-bond donors (Lipinski definition) is 1. The van der Waals surface area contributed by atoms with Crippen LogP contribution < -0.4 is 5.43 Å². The van der Waals surface area contributed by atoms with Crippen molar-refractivity contribution < 1.29 is 13.9 Å². The first-order valence-corrected chi connectivity index (χ1v) is 4.84. The number of carbonyl (C=O) groups is 1. The number of esters is 1. The lowest BCUT2D eigenvalue weighted by atomic mass is 10.3. The molecule has 0 fully saturated rings. The van der Waals surface area contributed by atoms with Crippen LogP contribution >= 0.6 is 0 Å². The average molecular weight is 235 g/mol. The van der Waals surface area contributed by atoms with Crippen molar-refractivity contribution in [3.63, 3.8) is 0 Å². The molecule has 1 rings (SSSR count). The monoisotopic (exact) mass is 235 g/mol. The standard InChI is InChI=1S/C11H10FN3O2/c1-2-17-11(16)10(7-13)15-14-9-5-3-4-8(12)6-9/h3-6,14H,2H2,1H3/b15-10+. The summed E-state index contributed by atoms with van der Waals surface area (Å²) in [4.78, 5) is 11.2. The van der Waals surface area contributed by atoms with Crippen LogP contribution in [0.5, 0.6) is 0 Å². The molecule has 0 saturated carbocycles. The average Bonchev–Trinajstić information content (AvgIpc) is 2.30. The van der Waals surface area contributed by atoms with Crippen LogP contribution in [0.2, 0.25) is 0 Å². The summed E-state index contributed by atoms with van der Waals surface area (Å²) in [5.74, 6) is -1.27. The van der Waals surface area contributed by atoms with Crippen LogP contribution in [0.15, 0.2) is 29.4 Å². The molecule has 1 N–H and O–H groups in total.